The number of carboxylic acid groups (broad SMARTS) is 1. The molecule has 0 spiro atoms. The summed E-state index contributed by atoms with van der Waals surface area (Å²) in [4.78, 5) is 25.9. The Morgan fingerprint density at radius 1 is 1.26 bits per heavy atom. The number of para-hydroxylation sites is 2. The number of carbonyl (C=O) groups excluding carboxylic acids is 1. The largest absolute Gasteiger partial charge is 1.00 e. The molecule has 0 aliphatic carbocycles. The molecule has 1 heterocycles. The molecule has 10 heteroatoms. The summed E-state index contributed by atoms with van der Waals surface area (Å²) in [5.74, 6) is -2.10. The molecule has 0 fully saturated rings. The van der Waals surface area contributed by atoms with E-state index in [0.29, 0.717) is 11.0 Å². The maximum Gasteiger partial charge on any atom is 1.00 e. The molecular formula is C17H13FN3NaO4S. The van der Waals surface area contributed by atoms with E-state index in [-0.39, 0.29) is 46.1 Å². The molecule has 2 aromatic carbocycles. The van der Waals surface area contributed by atoms with Gasteiger partial charge in [-0.3, -0.25) is 14.7 Å². The number of non-ortho nitro benzene ring substituents is 1. The SMILES string of the molecule is CC(C)(Sc1nc2ccccc2n1-c1ccc([N+](=O)[O-])cc1F)C(=O)[O-].[Na+]. The van der Waals surface area contributed by atoms with Crippen molar-refractivity contribution in [2.45, 2.75) is 23.8 Å². The van der Waals surface area contributed by atoms with Gasteiger partial charge in [-0.25, -0.2) is 9.37 Å². The van der Waals surface area contributed by atoms with Gasteiger partial charge in [-0.05, 0) is 32.0 Å². The second-order valence-electron chi connectivity index (χ2n) is 6.01. The van der Waals surface area contributed by atoms with E-state index in [9.17, 15) is 24.4 Å². The molecule has 0 aliphatic heterocycles. The second kappa shape index (κ2) is 7.97. The van der Waals surface area contributed by atoms with E-state index in [1.807, 2.05) is 0 Å². The Kier molecular flexibility index (Phi) is 6.31. The van der Waals surface area contributed by atoms with Gasteiger partial charge in [-0.1, -0.05) is 23.9 Å². The molecular weight excluding hydrogens is 384 g/mol. The number of hydrogen-bond donors (Lipinski definition) is 0. The quantitative estimate of drug-likeness (QED) is 0.254. The summed E-state index contributed by atoms with van der Waals surface area (Å²) in [6, 6.07) is 10.2. The average molecular weight is 397 g/mol. The van der Waals surface area contributed by atoms with Gasteiger partial charge < -0.3 is 9.90 Å². The van der Waals surface area contributed by atoms with Crippen LogP contribution in [-0.4, -0.2) is 25.2 Å². The van der Waals surface area contributed by atoms with Crippen LogP contribution < -0.4 is 34.7 Å². The van der Waals surface area contributed by atoms with Crippen LogP contribution in [0.3, 0.4) is 0 Å². The summed E-state index contributed by atoms with van der Waals surface area (Å²) in [6.45, 7) is 2.92. The van der Waals surface area contributed by atoms with Crippen molar-refractivity contribution >= 4 is 34.5 Å². The Labute approximate surface area is 180 Å². The third kappa shape index (κ3) is 4.16. The fraction of sp³-hybridized carbons (Fsp3) is 0.176. The van der Waals surface area contributed by atoms with Crippen LogP contribution in [0.5, 0.6) is 0 Å². The zero-order chi connectivity index (χ0) is 19.1. The van der Waals surface area contributed by atoms with Crippen LogP contribution >= 0.6 is 11.8 Å². The van der Waals surface area contributed by atoms with Crippen molar-refractivity contribution in [3.05, 3.63) is 58.4 Å². The number of aliphatic carboxylic acids is 1. The number of imidazole rings is 1. The third-order valence-corrected chi connectivity index (χ3v) is 4.88. The number of hydrogen-bond acceptors (Lipinski definition) is 6. The number of thioether (sulfide) groups is 1. The summed E-state index contributed by atoms with van der Waals surface area (Å²) < 4.78 is 14.7. The van der Waals surface area contributed by atoms with E-state index in [1.165, 1.54) is 30.5 Å². The first kappa shape index (κ1) is 21.4. The molecule has 0 radical (unpaired) electrons. The van der Waals surface area contributed by atoms with Crippen LogP contribution in [0.15, 0.2) is 47.6 Å². The zero-order valence-corrected chi connectivity index (χ0v) is 17.6. The molecule has 27 heavy (non-hydrogen) atoms. The third-order valence-electron chi connectivity index (χ3n) is 3.75. The van der Waals surface area contributed by atoms with Crippen LogP contribution in [0.2, 0.25) is 0 Å². The zero-order valence-electron chi connectivity index (χ0n) is 14.8. The molecule has 3 rings (SSSR count). The van der Waals surface area contributed by atoms with Crippen LogP contribution in [0.1, 0.15) is 13.8 Å². The Bertz CT molecular complexity index is 1040. The number of nitro groups is 1. The van der Waals surface area contributed by atoms with Crippen molar-refractivity contribution in [2.24, 2.45) is 0 Å². The number of nitro benzene ring substituents is 1. The van der Waals surface area contributed by atoms with E-state index in [2.05, 4.69) is 4.98 Å². The molecule has 0 N–H and O–H groups in total. The number of halogens is 1. The molecule has 0 atom stereocenters. The monoisotopic (exact) mass is 397 g/mol. The van der Waals surface area contributed by atoms with E-state index in [1.54, 1.807) is 24.3 Å². The Hall–Kier alpha value is -1.94. The van der Waals surface area contributed by atoms with Crippen LogP contribution in [0.4, 0.5) is 10.1 Å². The molecule has 0 saturated carbocycles. The molecule has 1 aromatic heterocycles. The number of fused-ring (bicyclic) bond motifs is 1. The van der Waals surface area contributed by atoms with Crippen molar-refractivity contribution in [3.63, 3.8) is 0 Å². The molecule has 134 valence electrons. The maximum atomic E-state index is 14.6. The average Bonchev–Trinajstić information content (AvgIpc) is 2.91. The molecule has 0 aliphatic rings. The minimum atomic E-state index is -1.31. The van der Waals surface area contributed by atoms with Crippen molar-refractivity contribution in [1.82, 2.24) is 9.55 Å². The molecule has 0 saturated heterocycles. The molecule has 7 nitrogen and oxygen atoms in total. The Morgan fingerprint density at radius 2 is 1.93 bits per heavy atom. The second-order valence-corrected chi connectivity index (χ2v) is 7.60. The van der Waals surface area contributed by atoms with Crippen LogP contribution in [0, 0.1) is 15.9 Å². The van der Waals surface area contributed by atoms with E-state index < -0.39 is 21.5 Å². The van der Waals surface area contributed by atoms with Gasteiger partial charge in [0.25, 0.3) is 5.69 Å². The Balaban J connectivity index is 0.00000261. The van der Waals surface area contributed by atoms with Crippen molar-refractivity contribution < 1.29 is 48.8 Å². The standard InChI is InChI=1S/C17H14FN3O4S.Na/c1-17(2,15(22)23)26-16-19-12-5-3-4-6-14(12)20(16)13-8-7-10(21(24)25)9-11(13)18;/h3-9H,1-2H3,(H,22,23);/q;+1/p-1. The number of aromatic nitrogens is 2. The van der Waals surface area contributed by atoms with Gasteiger partial charge in [0.15, 0.2) is 11.0 Å². The number of nitrogens with zero attached hydrogens (tertiary/aromatic N) is 3. The summed E-state index contributed by atoms with van der Waals surface area (Å²) in [6.07, 6.45) is 0. The molecule has 0 amide bonds. The van der Waals surface area contributed by atoms with Crippen molar-refractivity contribution in [2.75, 3.05) is 0 Å². The number of benzene rings is 2. The van der Waals surface area contributed by atoms with Gasteiger partial charge in [0.1, 0.15) is 0 Å². The molecule has 0 bridgehead atoms. The first-order valence-electron chi connectivity index (χ1n) is 7.53. The number of carboxylic acids is 1. The van der Waals surface area contributed by atoms with Gasteiger partial charge in [0, 0.05) is 6.07 Å². The fourth-order valence-electron chi connectivity index (χ4n) is 2.37. The van der Waals surface area contributed by atoms with E-state index in [0.717, 1.165) is 17.8 Å². The van der Waals surface area contributed by atoms with Crippen molar-refractivity contribution in [3.8, 4) is 5.69 Å². The summed E-state index contributed by atoms with van der Waals surface area (Å²) in [5.41, 5.74) is 0.764. The minimum absolute atomic E-state index is 0. The predicted molar refractivity (Wildman–Crippen MR) is 92.6 cm³/mol. The number of carbonyl (C=O) groups is 1. The van der Waals surface area contributed by atoms with Crippen molar-refractivity contribution in [1.29, 1.82) is 0 Å². The summed E-state index contributed by atoms with van der Waals surface area (Å²) >= 11 is 0.910. The van der Waals surface area contributed by atoms with Gasteiger partial charge in [0.2, 0.25) is 0 Å². The van der Waals surface area contributed by atoms with Gasteiger partial charge >= 0.3 is 29.6 Å². The summed E-state index contributed by atoms with van der Waals surface area (Å²) in [7, 11) is 0. The smallest absolute Gasteiger partial charge is 0.549 e. The van der Waals surface area contributed by atoms with Gasteiger partial charge in [-0.15, -0.1) is 0 Å². The molecule has 3 aromatic rings. The van der Waals surface area contributed by atoms with Gasteiger partial charge in [0.05, 0.1) is 38.4 Å². The first-order chi connectivity index (χ1) is 12.2. The number of rotatable bonds is 5. The normalized spacial score (nSPS) is 11.2. The first-order valence-corrected chi connectivity index (χ1v) is 8.34. The molecule has 0 unspecified atom stereocenters. The van der Waals surface area contributed by atoms with Gasteiger partial charge in [-0.2, -0.15) is 0 Å². The Morgan fingerprint density at radius 3 is 2.52 bits per heavy atom. The summed E-state index contributed by atoms with van der Waals surface area (Å²) in [5, 5.41) is 22.4. The topological polar surface area (TPSA) is 101 Å². The van der Waals surface area contributed by atoms with Crippen LogP contribution in [-0.2, 0) is 4.79 Å². The van der Waals surface area contributed by atoms with Crippen LogP contribution in [0.25, 0.3) is 16.7 Å². The van der Waals surface area contributed by atoms with E-state index >= 15 is 0 Å². The maximum absolute atomic E-state index is 14.6. The predicted octanol–water partition coefficient (Wildman–Crippen LogP) is -0.303. The minimum Gasteiger partial charge on any atom is -0.549 e. The fourth-order valence-corrected chi connectivity index (χ4v) is 3.34. The van der Waals surface area contributed by atoms with E-state index in [4.69, 9.17) is 0 Å².